The molecule has 1 aromatic carbocycles. The fourth-order valence-corrected chi connectivity index (χ4v) is 2.59. The number of rotatable bonds is 7. The summed E-state index contributed by atoms with van der Waals surface area (Å²) in [6.45, 7) is 12.1. The zero-order valence-corrected chi connectivity index (χ0v) is 14.9. The van der Waals surface area contributed by atoms with Gasteiger partial charge in [0.15, 0.2) is 5.11 Å². The van der Waals surface area contributed by atoms with Gasteiger partial charge in [0.25, 0.3) is 0 Å². The first-order valence-corrected chi connectivity index (χ1v) is 8.63. The van der Waals surface area contributed by atoms with E-state index in [1.807, 2.05) is 0 Å². The van der Waals surface area contributed by atoms with Gasteiger partial charge >= 0.3 is 0 Å². The Morgan fingerprint density at radius 1 is 1.05 bits per heavy atom. The zero-order valence-electron chi connectivity index (χ0n) is 14.1. The molecule has 1 rings (SSSR count). The second kappa shape index (κ2) is 9.04. The van der Waals surface area contributed by atoms with Crippen molar-refractivity contribution in [3.63, 3.8) is 0 Å². The Labute approximate surface area is 135 Å². The number of anilines is 1. The van der Waals surface area contributed by atoms with Crippen LogP contribution in [0.3, 0.4) is 0 Å². The summed E-state index contributed by atoms with van der Waals surface area (Å²) in [5, 5.41) is 7.47. The van der Waals surface area contributed by atoms with Crippen LogP contribution in [0.5, 0.6) is 0 Å². The zero-order chi connectivity index (χ0) is 15.8. The summed E-state index contributed by atoms with van der Waals surface area (Å²) in [6, 6.07) is 6.63. The van der Waals surface area contributed by atoms with Crippen molar-refractivity contribution in [2.45, 2.75) is 65.7 Å². The molecular formula is C18H30N2S. The molecule has 2 unspecified atom stereocenters. The molecule has 0 radical (unpaired) electrons. The van der Waals surface area contributed by atoms with Gasteiger partial charge in [0.1, 0.15) is 0 Å². The maximum absolute atomic E-state index is 5.44. The highest BCUT2D eigenvalue weighted by atomic mass is 32.1. The summed E-state index contributed by atoms with van der Waals surface area (Å²) in [7, 11) is 0. The fraction of sp³-hybridized carbons (Fsp3) is 0.611. The van der Waals surface area contributed by atoms with E-state index in [2.05, 4.69) is 63.5 Å². The predicted molar refractivity (Wildman–Crippen MR) is 98.4 cm³/mol. The van der Waals surface area contributed by atoms with E-state index < -0.39 is 0 Å². The Morgan fingerprint density at radius 3 is 2.00 bits per heavy atom. The monoisotopic (exact) mass is 306 g/mol. The molecule has 21 heavy (non-hydrogen) atoms. The fourth-order valence-electron chi connectivity index (χ4n) is 2.39. The van der Waals surface area contributed by atoms with Crippen molar-refractivity contribution in [1.82, 2.24) is 5.32 Å². The quantitative estimate of drug-likeness (QED) is 0.659. The number of hydrogen-bond acceptors (Lipinski definition) is 1. The van der Waals surface area contributed by atoms with Crippen molar-refractivity contribution >= 4 is 23.0 Å². The molecule has 118 valence electrons. The van der Waals surface area contributed by atoms with Gasteiger partial charge in [-0.2, -0.15) is 0 Å². The van der Waals surface area contributed by atoms with Crippen LogP contribution in [0.25, 0.3) is 0 Å². The van der Waals surface area contributed by atoms with Gasteiger partial charge in [-0.25, -0.2) is 0 Å². The first-order valence-electron chi connectivity index (χ1n) is 8.22. The third kappa shape index (κ3) is 4.99. The molecule has 0 fully saturated rings. The van der Waals surface area contributed by atoms with E-state index in [1.54, 1.807) is 0 Å². The molecule has 1 aromatic rings. The summed E-state index contributed by atoms with van der Waals surface area (Å²) >= 11 is 5.44. The van der Waals surface area contributed by atoms with Gasteiger partial charge in [0.05, 0.1) is 0 Å². The van der Waals surface area contributed by atoms with Crippen molar-refractivity contribution < 1.29 is 0 Å². The lowest BCUT2D eigenvalue weighted by Gasteiger charge is -2.23. The van der Waals surface area contributed by atoms with Gasteiger partial charge in [-0.1, -0.05) is 52.8 Å². The number of benzene rings is 1. The van der Waals surface area contributed by atoms with E-state index in [4.69, 9.17) is 12.2 Å². The lowest BCUT2D eigenvalue weighted by Crippen LogP contribution is -2.30. The van der Waals surface area contributed by atoms with Crippen LogP contribution in [0.1, 0.15) is 76.8 Å². The molecule has 3 heteroatoms. The molecule has 0 aliphatic heterocycles. The molecule has 0 aromatic heterocycles. The normalized spacial score (nSPS) is 13.6. The van der Waals surface area contributed by atoms with Crippen molar-refractivity contribution in [2.75, 3.05) is 11.9 Å². The summed E-state index contributed by atoms with van der Waals surface area (Å²) in [4.78, 5) is 0. The van der Waals surface area contributed by atoms with E-state index in [1.165, 1.54) is 16.8 Å². The van der Waals surface area contributed by atoms with Crippen molar-refractivity contribution in [3.05, 3.63) is 29.3 Å². The highest BCUT2D eigenvalue weighted by Crippen LogP contribution is 2.34. The lowest BCUT2D eigenvalue weighted by atomic mass is 9.89. The third-order valence-corrected chi connectivity index (χ3v) is 4.44. The van der Waals surface area contributed by atoms with Crippen LogP contribution in [-0.4, -0.2) is 11.7 Å². The van der Waals surface area contributed by atoms with Gasteiger partial charge in [0.2, 0.25) is 0 Å². The predicted octanol–water partition coefficient (Wildman–Crippen LogP) is 5.41. The molecule has 0 spiro atoms. The molecule has 0 amide bonds. The van der Waals surface area contributed by atoms with E-state index in [0.29, 0.717) is 11.8 Å². The van der Waals surface area contributed by atoms with Crippen LogP contribution in [0.2, 0.25) is 0 Å². The van der Waals surface area contributed by atoms with Crippen molar-refractivity contribution in [3.8, 4) is 0 Å². The molecule has 2 N–H and O–H groups in total. The number of hydrogen-bond donors (Lipinski definition) is 2. The molecule has 0 bridgehead atoms. The molecular weight excluding hydrogens is 276 g/mol. The van der Waals surface area contributed by atoms with Gasteiger partial charge in [-0.05, 0) is 54.4 Å². The van der Waals surface area contributed by atoms with Crippen molar-refractivity contribution in [1.29, 1.82) is 0 Å². The highest BCUT2D eigenvalue weighted by molar-refractivity contribution is 7.80. The van der Waals surface area contributed by atoms with Gasteiger partial charge in [-0.15, -0.1) is 0 Å². The topological polar surface area (TPSA) is 24.1 Å². The SMILES string of the molecule is CCCNC(=S)Nc1c(C(C)CC)cccc1C(C)CC. The number of thiocarbonyl (C=S) groups is 1. The second-order valence-electron chi connectivity index (χ2n) is 5.81. The minimum Gasteiger partial charge on any atom is -0.362 e. The van der Waals surface area contributed by atoms with Crippen LogP contribution in [0, 0.1) is 0 Å². The van der Waals surface area contributed by atoms with Gasteiger partial charge < -0.3 is 10.6 Å². The maximum atomic E-state index is 5.44. The van der Waals surface area contributed by atoms with E-state index in [0.717, 1.165) is 30.9 Å². The first-order chi connectivity index (χ1) is 10.0. The average Bonchev–Trinajstić information content (AvgIpc) is 2.51. The number of nitrogens with one attached hydrogen (secondary N) is 2. The Morgan fingerprint density at radius 2 is 1.57 bits per heavy atom. The standard InChI is InChI=1S/C18H30N2S/c1-6-12-19-18(21)20-17-15(13(4)7-2)10-9-11-16(17)14(5)8-3/h9-11,13-14H,6-8,12H2,1-5H3,(H2,19,20,21). The Kier molecular flexibility index (Phi) is 7.73. The minimum absolute atomic E-state index is 0.533. The highest BCUT2D eigenvalue weighted by Gasteiger charge is 2.16. The first kappa shape index (κ1) is 18.0. The Bertz CT molecular complexity index is 428. The molecule has 0 aliphatic rings. The Hall–Kier alpha value is -1.09. The molecule has 0 aliphatic carbocycles. The molecule has 0 saturated carbocycles. The minimum atomic E-state index is 0.533. The van der Waals surface area contributed by atoms with Crippen LogP contribution in [0.4, 0.5) is 5.69 Å². The lowest BCUT2D eigenvalue weighted by molar-refractivity contribution is 0.715. The summed E-state index contributed by atoms with van der Waals surface area (Å²) in [6.07, 6.45) is 3.34. The van der Waals surface area contributed by atoms with E-state index >= 15 is 0 Å². The second-order valence-corrected chi connectivity index (χ2v) is 6.22. The average molecular weight is 307 g/mol. The summed E-state index contributed by atoms with van der Waals surface area (Å²) in [5.74, 6) is 1.07. The van der Waals surface area contributed by atoms with Crippen LogP contribution in [0.15, 0.2) is 18.2 Å². The van der Waals surface area contributed by atoms with E-state index in [-0.39, 0.29) is 0 Å². The summed E-state index contributed by atoms with van der Waals surface area (Å²) < 4.78 is 0. The number of para-hydroxylation sites is 1. The van der Waals surface area contributed by atoms with Gasteiger partial charge in [-0.3, -0.25) is 0 Å². The molecule has 0 heterocycles. The largest absolute Gasteiger partial charge is 0.362 e. The van der Waals surface area contributed by atoms with Crippen molar-refractivity contribution in [2.24, 2.45) is 0 Å². The maximum Gasteiger partial charge on any atom is 0.170 e. The Balaban J connectivity index is 3.12. The molecule has 2 nitrogen and oxygen atoms in total. The smallest absolute Gasteiger partial charge is 0.170 e. The van der Waals surface area contributed by atoms with E-state index in [9.17, 15) is 0 Å². The van der Waals surface area contributed by atoms with Crippen LogP contribution < -0.4 is 10.6 Å². The third-order valence-electron chi connectivity index (χ3n) is 4.19. The van der Waals surface area contributed by atoms with Crippen LogP contribution >= 0.6 is 12.2 Å². The summed E-state index contributed by atoms with van der Waals surface area (Å²) in [5.41, 5.74) is 3.96. The van der Waals surface area contributed by atoms with Crippen LogP contribution in [-0.2, 0) is 0 Å². The molecule has 2 atom stereocenters. The van der Waals surface area contributed by atoms with Gasteiger partial charge in [0, 0.05) is 12.2 Å². The molecule has 0 saturated heterocycles.